The van der Waals surface area contributed by atoms with E-state index in [9.17, 15) is 13.2 Å². The topological polar surface area (TPSA) is 89.3 Å². The molecule has 5 nitrogen and oxygen atoms in total. The lowest BCUT2D eigenvalue weighted by molar-refractivity contribution is -0.138. The van der Waals surface area contributed by atoms with E-state index in [0.29, 0.717) is 24.8 Å². The minimum Gasteiger partial charge on any atom is -0.356 e. The van der Waals surface area contributed by atoms with Crippen molar-refractivity contribution in [1.29, 1.82) is 0 Å². The molecule has 3 N–H and O–H groups in total. The Morgan fingerprint density at radius 1 is 1.05 bits per heavy atom. The Hall–Kier alpha value is -0.620. The molecule has 0 spiro atoms. The lowest BCUT2D eigenvalue weighted by Crippen LogP contribution is -2.51. The number of hydrogen-bond acceptors (Lipinski definition) is 3. The van der Waals surface area contributed by atoms with E-state index in [0.717, 1.165) is 11.8 Å². The van der Waals surface area contributed by atoms with Crippen LogP contribution in [0.25, 0.3) is 0 Å². The van der Waals surface area contributed by atoms with Crippen LogP contribution in [0.5, 0.6) is 0 Å². The van der Waals surface area contributed by atoms with E-state index < -0.39 is 10.0 Å². The standard InChI is InChI=1S/C14H24N2O3S/c15-20(18,19)3-1-2-16-14(17)13-11-5-9-4-10(7-11)8-12(13)6-9/h9-13H,1-8H2,(H,16,17)(H2,15,18,19). The summed E-state index contributed by atoms with van der Waals surface area (Å²) in [5.74, 6) is 3.14. The van der Waals surface area contributed by atoms with Gasteiger partial charge in [0.2, 0.25) is 15.9 Å². The molecular weight excluding hydrogens is 276 g/mol. The Balaban J connectivity index is 1.50. The third kappa shape index (κ3) is 3.01. The van der Waals surface area contributed by atoms with Crippen LogP contribution in [0.4, 0.5) is 0 Å². The summed E-state index contributed by atoms with van der Waals surface area (Å²) in [6, 6.07) is 0. The molecule has 4 fully saturated rings. The molecule has 0 aromatic heterocycles. The quantitative estimate of drug-likeness (QED) is 0.738. The molecule has 0 unspecified atom stereocenters. The zero-order chi connectivity index (χ0) is 14.3. The molecule has 6 heteroatoms. The van der Waals surface area contributed by atoms with Crippen LogP contribution in [0.1, 0.15) is 38.5 Å². The fraction of sp³-hybridized carbons (Fsp3) is 0.929. The van der Waals surface area contributed by atoms with Gasteiger partial charge in [-0.05, 0) is 62.2 Å². The van der Waals surface area contributed by atoms with E-state index in [4.69, 9.17) is 5.14 Å². The van der Waals surface area contributed by atoms with E-state index >= 15 is 0 Å². The molecule has 0 saturated heterocycles. The molecule has 0 aliphatic heterocycles. The van der Waals surface area contributed by atoms with Crippen LogP contribution in [0.2, 0.25) is 0 Å². The maximum atomic E-state index is 12.4. The van der Waals surface area contributed by atoms with Crippen molar-refractivity contribution in [2.24, 2.45) is 34.7 Å². The average Bonchev–Trinajstić information content (AvgIpc) is 2.32. The van der Waals surface area contributed by atoms with Gasteiger partial charge in [-0.25, -0.2) is 13.6 Å². The predicted octanol–water partition coefficient (Wildman–Crippen LogP) is 0.853. The molecule has 0 aromatic carbocycles. The molecule has 4 bridgehead atoms. The highest BCUT2D eigenvalue weighted by Gasteiger charge is 2.50. The second-order valence-electron chi connectivity index (χ2n) is 6.97. The maximum absolute atomic E-state index is 12.4. The fourth-order valence-corrected chi connectivity index (χ4v) is 5.50. The molecular formula is C14H24N2O3S. The number of amides is 1. The minimum absolute atomic E-state index is 0.0606. The van der Waals surface area contributed by atoms with Gasteiger partial charge in [0.15, 0.2) is 0 Å². The number of nitrogens with one attached hydrogen (secondary N) is 1. The largest absolute Gasteiger partial charge is 0.356 e. The molecule has 4 saturated carbocycles. The smallest absolute Gasteiger partial charge is 0.223 e. The van der Waals surface area contributed by atoms with Gasteiger partial charge < -0.3 is 5.32 Å². The van der Waals surface area contributed by atoms with Crippen molar-refractivity contribution >= 4 is 15.9 Å². The monoisotopic (exact) mass is 300 g/mol. The number of nitrogens with two attached hydrogens (primary N) is 1. The Labute approximate surface area is 120 Å². The number of primary sulfonamides is 1. The molecule has 1 amide bonds. The number of carbonyl (C=O) groups excluding carboxylic acids is 1. The van der Waals surface area contributed by atoms with Crippen LogP contribution >= 0.6 is 0 Å². The van der Waals surface area contributed by atoms with E-state index in [-0.39, 0.29) is 17.6 Å². The third-order valence-corrected chi connectivity index (χ3v) is 6.29. The van der Waals surface area contributed by atoms with Crippen LogP contribution < -0.4 is 10.5 Å². The van der Waals surface area contributed by atoms with Gasteiger partial charge in [0, 0.05) is 12.5 Å². The third-order valence-electron chi connectivity index (χ3n) is 5.43. The van der Waals surface area contributed by atoms with Gasteiger partial charge in [-0.2, -0.15) is 0 Å². The molecule has 4 aliphatic carbocycles. The Morgan fingerprint density at radius 2 is 1.60 bits per heavy atom. The number of rotatable bonds is 5. The second-order valence-corrected chi connectivity index (χ2v) is 8.70. The summed E-state index contributed by atoms with van der Waals surface area (Å²) < 4.78 is 21.7. The summed E-state index contributed by atoms with van der Waals surface area (Å²) in [6.45, 7) is 0.415. The highest BCUT2D eigenvalue weighted by atomic mass is 32.2. The molecule has 0 radical (unpaired) electrons. The van der Waals surface area contributed by atoms with Crippen LogP contribution in [0, 0.1) is 29.6 Å². The van der Waals surface area contributed by atoms with Gasteiger partial charge in [-0.15, -0.1) is 0 Å². The summed E-state index contributed by atoms with van der Waals surface area (Å²) in [7, 11) is -3.41. The van der Waals surface area contributed by atoms with Crippen LogP contribution in [0.15, 0.2) is 0 Å². The number of sulfonamides is 1. The molecule has 0 heterocycles. The van der Waals surface area contributed by atoms with Crippen LogP contribution in [-0.4, -0.2) is 26.6 Å². The molecule has 114 valence electrons. The van der Waals surface area contributed by atoms with Crippen molar-refractivity contribution in [3.63, 3.8) is 0 Å². The van der Waals surface area contributed by atoms with Gasteiger partial charge >= 0.3 is 0 Å². The minimum atomic E-state index is -3.41. The van der Waals surface area contributed by atoms with E-state index in [1.54, 1.807) is 0 Å². The summed E-state index contributed by atoms with van der Waals surface area (Å²) in [5.41, 5.74) is 0. The first-order chi connectivity index (χ1) is 9.42. The van der Waals surface area contributed by atoms with Crippen LogP contribution in [-0.2, 0) is 14.8 Å². The van der Waals surface area contributed by atoms with Crippen molar-refractivity contribution in [1.82, 2.24) is 5.32 Å². The summed E-state index contributed by atoms with van der Waals surface area (Å²) in [4.78, 5) is 12.4. The van der Waals surface area contributed by atoms with Gasteiger partial charge in [0.1, 0.15) is 0 Å². The first-order valence-corrected chi connectivity index (χ1v) is 9.42. The number of hydrogen-bond donors (Lipinski definition) is 2. The van der Waals surface area contributed by atoms with Gasteiger partial charge in [-0.3, -0.25) is 4.79 Å². The van der Waals surface area contributed by atoms with E-state index in [1.165, 1.54) is 32.1 Å². The average molecular weight is 300 g/mol. The van der Waals surface area contributed by atoms with Crippen LogP contribution in [0.3, 0.4) is 0 Å². The first kappa shape index (κ1) is 14.3. The molecule has 4 rings (SSSR count). The maximum Gasteiger partial charge on any atom is 0.223 e. The van der Waals surface area contributed by atoms with E-state index in [2.05, 4.69) is 5.32 Å². The first-order valence-electron chi connectivity index (χ1n) is 7.70. The van der Waals surface area contributed by atoms with Gasteiger partial charge in [0.25, 0.3) is 0 Å². The zero-order valence-electron chi connectivity index (χ0n) is 11.8. The highest BCUT2D eigenvalue weighted by molar-refractivity contribution is 7.89. The van der Waals surface area contributed by atoms with Gasteiger partial charge in [0.05, 0.1) is 5.75 Å². The number of carbonyl (C=O) groups is 1. The summed E-state index contributed by atoms with van der Waals surface area (Å²) >= 11 is 0. The fourth-order valence-electron chi connectivity index (χ4n) is 4.96. The lowest BCUT2D eigenvalue weighted by atomic mass is 9.51. The van der Waals surface area contributed by atoms with E-state index in [1.807, 2.05) is 0 Å². The molecule has 20 heavy (non-hydrogen) atoms. The molecule has 0 atom stereocenters. The Bertz CT molecular complexity index is 461. The SMILES string of the molecule is NS(=O)(=O)CCCNC(=O)C1C2CC3CC(C2)CC1C3. The summed E-state index contributed by atoms with van der Waals surface area (Å²) in [6.07, 6.45) is 6.68. The van der Waals surface area contributed by atoms with Crippen molar-refractivity contribution in [3.8, 4) is 0 Å². The second kappa shape index (κ2) is 5.30. The van der Waals surface area contributed by atoms with Gasteiger partial charge in [-0.1, -0.05) is 0 Å². The lowest BCUT2D eigenvalue weighted by Gasteiger charge is -2.53. The predicted molar refractivity (Wildman–Crippen MR) is 76.1 cm³/mol. The zero-order valence-corrected chi connectivity index (χ0v) is 12.6. The van der Waals surface area contributed by atoms with Crippen molar-refractivity contribution < 1.29 is 13.2 Å². The summed E-state index contributed by atoms with van der Waals surface area (Å²) in [5, 5.41) is 7.87. The normalized spacial score (nSPS) is 39.0. The van der Waals surface area contributed by atoms with Crippen molar-refractivity contribution in [2.75, 3.05) is 12.3 Å². The van der Waals surface area contributed by atoms with Crippen molar-refractivity contribution in [2.45, 2.75) is 38.5 Å². The Kier molecular flexibility index (Phi) is 3.79. The van der Waals surface area contributed by atoms with Crippen molar-refractivity contribution in [3.05, 3.63) is 0 Å². The molecule has 4 aliphatic rings. The molecule has 0 aromatic rings. The Morgan fingerprint density at radius 3 is 2.10 bits per heavy atom. The highest BCUT2D eigenvalue weighted by Crippen LogP contribution is 2.56.